The minimum absolute atomic E-state index is 0.138. The van der Waals surface area contributed by atoms with Gasteiger partial charge in [-0.05, 0) is 44.4 Å². The van der Waals surface area contributed by atoms with Crippen molar-refractivity contribution in [3.05, 3.63) is 52.6 Å². The number of aromatic amines is 1. The van der Waals surface area contributed by atoms with Gasteiger partial charge in [-0.1, -0.05) is 12.1 Å². The lowest BCUT2D eigenvalue weighted by Crippen LogP contribution is -2.28. The summed E-state index contributed by atoms with van der Waals surface area (Å²) < 4.78 is 2.10. The third-order valence-electron chi connectivity index (χ3n) is 5.13. The first kappa shape index (κ1) is 16.6. The largest absolute Gasteiger partial charge is 0.354 e. The van der Waals surface area contributed by atoms with Crippen molar-refractivity contribution >= 4 is 22.7 Å². The number of hydrogen-bond donors (Lipinski definition) is 2. The van der Waals surface area contributed by atoms with Gasteiger partial charge in [-0.3, -0.25) is 9.59 Å². The average molecular weight is 350 g/mol. The third-order valence-corrected chi connectivity index (χ3v) is 5.13. The van der Waals surface area contributed by atoms with E-state index in [1.54, 1.807) is 0 Å². The highest BCUT2D eigenvalue weighted by molar-refractivity contribution is 6.04. The Hall–Kier alpha value is -2.89. The standard InChI is InChI=1S/C20H22N4O2/c1-12-18-15(7-5-9-17(18)25)23-19(12)20(26)21-10-11-24-13(2)22-14-6-3-4-8-16(14)24/h3-4,6,8,23H,5,7,9-11H2,1-2H3,(H,21,26). The number of carbonyl (C=O) groups is 2. The van der Waals surface area contributed by atoms with Crippen LogP contribution >= 0.6 is 0 Å². The molecule has 0 saturated carbocycles. The molecular formula is C20H22N4O2. The summed E-state index contributed by atoms with van der Waals surface area (Å²) in [7, 11) is 0. The Morgan fingerprint density at radius 3 is 2.88 bits per heavy atom. The molecule has 2 N–H and O–H groups in total. The van der Waals surface area contributed by atoms with E-state index in [-0.39, 0.29) is 11.7 Å². The minimum Gasteiger partial charge on any atom is -0.354 e. The molecule has 2 aromatic heterocycles. The van der Waals surface area contributed by atoms with Crippen molar-refractivity contribution in [3.63, 3.8) is 0 Å². The zero-order chi connectivity index (χ0) is 18.3. The van der Waals surface area contributed by atoms with Crippen molar-refractivity contribution in [2.75, 3.05) is 6.54 Å². The highest BCUT2D eigenvalue weighted by Gasteiger charge is 2.26. The Balaban J connectivity index is 1.48. The SMILES string of the molecule is Cc1c(C(=O)NCCn2c(C)nc3ccccc32)[nH]c2c1C(=O)CCC2. The number of carbonyl (C=O) groups excluding carboxylic acids is 2. The predicted molar refractivity (Wildman–Crippen MR) is 99.6 cm³/mol. The van der Waals surface area contributed by atoms with Crippen LogP contribution in [0.25, 0.3) is 11.0 Å². The summed E-state index contributed by atoms with van der Waals surface area (Å²) in [6.45, 7) is 4.96. The van der Waals surface area contributed by atoms with Gasteiger partial charge in [-0.2, -0.15) is 0 Å². The van der Waals surface area contributed by atoms with Crippen LogP contribution in [-0.2, 0) is 13.0 Å². The van der Waals surface area contributed by atoms with Gasteiger partial charge >= 0.3 is 0 Å². The molecule has 3 aromatic rings. The Morgan fingerprint density at radius 1 is 1.27 bits per heavy atom. The summed E-state index contributed by atoms with van der Waals surface area (Å²) in [5, 5.41) is 2.96. The van der Waals surface area contributed by atoms with Crippen LogP contribution in [0.2, 0.25) is 0 Å². The molecular weight excluding hydrogens is 328 g/mol. The first-order valence-electron chi connectivity index (χ1n) is 9.01. The van der Waals surface area contributed by atoms with E-state index in [4.69, 9.17) is 0 Å². The smallest absolute Gasteiger partial charge is 0.268 e. The van der Waals surface area contributed by atoms with E-state index in [2.05, 4.69) is 19.9 Å². The minimum atomic E-state index is -0.160. The lowest BCUT2D eigenvalue weighted by molar-refractivity contribution is 0.0946. The number of H-pyrrole nitrogens is 1. The highest BCUT2D eigenvalue weighted by Crippen LogP contribution is 2.26. The van der Waals surface area contributed by atoms with Gasteiger partial charge in [-0.25, -0.2) is 4.98 Å². The number of Topliss-reactive ketones (excluding diaryl/α,β-unsaturated/α-hetero) is 1. The van der Waals surface area contributed by atoms with Crippen molar-refractivity contribution in [2.24, 2.45) is 0 Å². The Bertz CT molecular complexity index is 1010. The molecule has 1 aliphatic rings. The van der Waals surface area contributed by atoms with E-state index in [1.165, 1.54) is 0 Å². The van der Waals surface area contributed by atoms with Gasteiger partial charge in [0.25, 0.3) is 5.91 Å². The van der Waals surface area contributed by atoms with Gasteiger partial charge in [0.15, 0.2) is 5.78 Å². The number of rotatable bonds is 4. The maximum Gasteiger partial charge on any atom is 0.268 e. The second-order valence-electron chi connectivity index (χ2n) is 6.81. The number of aromatic nitrogens is 3. The number of aryl methyl sites for hydroxylation is 2. The summed E-state index contributed by atoms with van der Waals surface area (Å²) in [4.78, 5) is 32.4. The van der Waals surface area contributed by atoms with Gasteiger partial charge in [0, 0.05) is 30.8 Å². The quantitative estimate of drug-likeness (QED) is 0.759. The zero-order valence-electron chi connectivity index (χ0n) is 15.1. The van der Waals surface area contributed by atoms with E-state index >= 15 is 0 Å². The fourth-order valence-electron chi connectivity index (χ4n) is 3.85. The molecule has 6 nitrogen and oxygen atoms in total. The normalized spacial score (nSPS) is 13.8. The number of benzene rings is 1. The number of ketones is 1. The molecule has 0 spiro atoms. The van der Waals surface area contributed by atoms with Crippen LogP contribution in [0.5, 0.6) is 0 Å². The van der Waals surface area contributed by atoms with Crippen molar-refractivity contribution in [1.82, 2.24) is 19.9 Å². The molecule has 26 heavy (non-hydrogen) atoms. The first-order valence-corrected chi connectivity index (χ1v) is 9.01. The summed E-state index contributed by atoms with van der Waals surface area (Å²) in [6.07, 6.45) is 2.25. The van der Waals surface area contributed by atoms with Gasteiger partial charge in [0.1, 0.15) is 11.5 Å². The molecule has 0 bridgehead atoms. The number of hydrogen-bond acceptors (Lipinski definition) is 3. The summed E-state index contributed by atoms with van der Waals surface area (Å²) in [5.41, 5.74) is 4.93. The van der Waals surface area contributed by atoms with Crippen LogP contribution in [-0.4, -0.2) is 32.8 Å². The molecule has 4 rings (SSSR count). The van der Waals surface area contributed by atoms with E-state index in [9.17, 15) is 9.59 Å². The van der Waals surface area contributed by atoms with Gasteiger partial charge in [0.2, 0.25) is 0 Å². The van der Waals surface area contributed by atoms with Gasteiger partial charge in [-0.15, -0.1) is 0 Å². The van der Waals surface area contributed by atoms with E-state index in [0.717, 1.165) is 46.5 Å². The molecule has 134 valence electrons. The number of nitrogens with zero attached hydrogens (tertiary/aromatic N) is 2. The van der Waals surface area contributed by atoms with E-state index in [0.29, 0.717) is 25.2 Å². The fraction of sp³-hybridized carbons (Fsp3) is 0.350. The molecule has 0 radical (unpaired) electrons. The number of imidazole rings is 1. The molecule has 6 heteroatoms. The van der Waals surface area contributed by atoms with Crippen molar-refractivity contribution < 1.29 is 9.59 Å². The lowest BCUT2D eigenvalue weighted by atomic mass is 9.94. The molecule has 0 aliphatic heterocycles. The van der Waals surface area contributed by atoms with Crippen LogP contribution in [0.15, 0.2) is 24.3 Å². The molecule has 0 unspecified atom stereocenters. The highest BCUT2D eigenvalue weighted by atomic mass is 16.2. The molecule has 1 aliphatic carbocycles. The molecule has 1 aromatic carbocycles. The topological polar surface area (TPSA) is 79.8 Å². The predicted octanol–water partition coefficient (Wildman–Crippen LogP) is 2.93. The monoisotopic (exact) mass is 350 g/mol. The fourth-order valence-corrected chi connectivity index (χ4v) is 3.85. The number of fused-ring (bicyclic) bond motifs is 2. The number of nitrogens with one attached hydrogen (secondary N) is 2. The van der Waals surface area contributed by atoms with Crippen LogP contribution in [0.4, 0.5) is 0 Å². The summed E-state index contributed by atoms with van der Waals surface area (Å²) in [6, 6.07) is 7.98. The molecule has 0 fully saturated rings. The lowest BCUT2D eigenvalue weighted by Gasteiger charge is -2.09. The summed E-state index contributed by atoms with van der Waals surface area (Å²) in [5.74, 6) is 0.906. The molecule has 2 heterocycles. The molecule has 0 saturated heterocycles. The molecule has 1 amide bonds. The third kappa shape index (κ3) is 2.71. The van der Waals surface area contributed by atoms with Gasteiger partial charge in [0.05, 0.1) is 11.0 Å². The van der Waals surface area contributed by atoms with Crippen LogP contribution in [0.3, 0.4) is 0 Å². The Labute approximate surface area is 151 Å². The van der Waals surface area contributed by atoms with Crippen LogP contribution < -0.4 is 5.32 Å². The van der Waals surface area contributed by atoms with E-state index < -0.39 is 0 Å². The zero-order valence-corrected chi connectivity index (χ0v) is 15.1. The Morgan fingerprint density at radius 2 is 2.08 bits per heavy atom. The van der Waals surface area contributed by atoms with Crippen molar-refractivity contribution in [2.45, 2.75) is 39.7 Å². The van der Waals surface area contributed by atoms with Crippen LogP contribution in [0.1, 0.15) is 50.8 Å². The summed E-state index contributed by atoms with van der Waals surface area (Å²) >= 11 is 0. The van der Waals surface area contributed by atoms with Gasteiger partial charge < -0.3 is 14.9 Å². The number of para-hydroxylation sites is 2. The van der Waals surface area contributed by atoms with Crippen molar-refractivity contribution in [1.29, 1.82) is 0 Å². The maximum atomic E-state index is 12.6. The second-order valence-corrected chi connectivity index (χ2v) is 6.81. The Kier molecular flexibility index (Phi) is 4.11. The maximum absolute atomic E-state index is 12.6. The first-order chi connectivity index (χ1) is 12.6. The second kappa shape index (κ2) is 6.44. The van der Waals surface area contributed by atoms with Crippen molar-refractivity contribution in [3.8, 4) is 0 Å². The molecule has 0 atom stereocenters. The van der Waals surface area contributed by atoms with Crippen LogP contribution in [0, 0.1) is 13.8 Å². The average Bonchev–Trinajstić information content (AvgIpc) is 3.13. The van der Waals surface area contributed by atoms with E-state index in [1.807, 2.05) is 38.1 Å². The number of amides is 1.